The molecule has 0 fully saturated rings. The first kappa shape index (κ1) is 41.9. The predicted molar refractivity (Wildman–Crippen MR) is 202 cm³/mol. The second-order valence-corrected chi connectivity index (χ2v) is 15.6. The van der Waals surface area contributed by atoms with E-state index in [1.165, 1.54) is 38.1 Å². The van der Waals surface area contributed by atoms with Gasteiger partial charge in [-0.25, -0.2) is 0 Å². The monoisotopic (exact) mass is 790 g/mol. The predicted octanol–water partition coefficient (Wildman–Crippen LogP) is 6.36. The first-order chi connectivity index (χ1) is 25.6. The van der Waals surface area contributed by atoms with Gasteiger partial charge in [0.05, 0.1) is 21.2 Å². The Hall–Kier alpha value is -5.82. The summed E-state index contributed by atoms with van der Waals surface area (Å²) in [6, 6.07) is 14.1. The highest BCUT2D eigenvalue weighted by Crippen LogP contribution is 2.30. The van der Waals surface area contributed by atoms with Crippen LogP contribution >= 0.6 is 0 Å². The van der Waals surface area contributed by atoms with Gasteiger partial charge in [0.15, 0.2) is 11.6 Å². The minimum absolute atomic E-state index is 0.187. The van der Waals surface area contributed by atoms with Crippen LogP contribution in [0.2, 0.25) is 0 Å². The van der Waals surface area contributed by atoms with Gasteiger partial charge in [0, 0.05) is 11.4 Å². The van der Waals surface area contributed by atoms with E-state index in [1.807, 2.05) is 52.0 Å². The maximum atomic E-state index is 12.9. The number of benzene rings is 4. The van der Waals surface area contributed by atoms with Gasteiger partial charge in [-0.3, -0.25) is 28.3 Å². The Kier molecular flexibility index (Phi) is 13.0. The summed E-state index contributed by atoms with van der Waals surface area (Å²) >= 11 is 0. The maximum Gasteiger partial charge on any atom is 0.294 e. The Bertz CT molecular complexity index is 2230. The van der Waals surface area contributed by atoms with Crippen LogP contribution in [0.15, 0.2) is 103 Å². The number of anilines is 2. The van der Waals surface area contributed by atoms with Gasteiger partial charge in [0.2, 0.25) is 12.1 Å². The molecular weight excluding hydrogens is 753 g/mol. The highest BCUT2D eigenvalue weighted by Gasteiger charge is 2.25. The molecule has 16 nitrogen and oxygen atoms in total. The Morgan fingerprint density at radius 1 is 0.564 bits per heavy atom. The summed E-state index contributed by atoms with van der Waals surface area (Å²) in [5.74, 6) is -2.68. The lowest BCUT2D eigenvalue weighted by molar-refractivity contribution is -0.127. The van der Waals surface area contributed by atoms with Gasteiger partial charge in [0.1, 0.15) is 0 Å². The van der Waals surface area contributed by atoms with Crippen molar-refractivity contribution in [2.75, 3.05) is 10.6 Å². The Labute approximate surface area is 317 Å². The Balaban J connectivity index is 1.47. The topological polar surface area (TPSA) is 251 Å². The van der Waals surface area contributed by atoms with Gasteiger partial charge in [-0.1, -0.05) is 24.3 Å². The van der Waals surface area contributed by atoms with Crippen LogP contribution in [0.3, 0.4) is 0 Å². The van der Waals surface area contributed by atoms with Gasteiger partial charge in [0.25, 0.3) is 32.1 Å². The van der Waals surface area contributed by atoms with Crippen LogP contribution in [0.1, 0.15) is 47.2 Å². The fraction of sp³-hybridized carbons (Fsp3) is 0.243. The van der Waals surface area contributed by atoms with Crippen LogP contribution in [-0.2, 0) is 45.8 Å². The molecule has 2 amide bonds. The molecule has 4 rings (SSSR count). The van der Waals surface area contributed by atoms with E-state index in [1.54, 1.807) is 0 Å². The molecular formula is C37H38N6O10S2. The average Bonchev–Trinajstić information content (AvgIpc) is 3.06. The fourth-order valence-electron chi connectivity index (χ4n) is 5.56. The number of rotatable bonds is 14. The van der Waals surface area contributed by atoms with Crippen LogP contribution in [0, 0.1) is 27.7 Å². The van der Waals surface area contributed by atoms with Crippen molar-refractivity contribution in [3.63, 3.8) is 0 Å². The molecule has 4 aromatic rings. The van der Waals surface area contributed by atoms with E-state index in [9.17, 15) is 36.0 Å². The van der Waals surface area contributed by atoms with Crippen LogP contribution in [-0.4, -0.2) is 61.4 Å². The lowest BCUT2D eigenvalue weighted by Gasteiger charge is -2.13. The lowest BCUT2D eigenvalue weighted by atomic mass is 9.96. The quantitative estimate of drug-likeness (QED) is 0.0624. The minimum atomic E-state index is -4.42. The van der Waals surface area contributed by atoms with Gasteiger partial charge in [-0.2, -0.15) is 37.3 Å². The summed E-state index contributed by atoms with van der Waals surface area (Å²) in [5.41, 5.74) is 6.16. The number of nitrogens with one attached hydrogen (secondary N) is 2. The summed E-state index contributed by atoms with van der Waals surface area (Å²) in [5, 5.41) is 21.5. The highest BCUT2D eigenvalue weighted by molar-refractivity contribution is 7.86. The normalized spacial score (nSPS) is 13.1. The molecule has 55 heavy (non-hydrogen) atoms. The molecule has 0 bridgehead atoms. The summed E-state index contributed by atoms with van der Waals surface area (Å²) < 4.78 is 63.4. The number of azo groups is 2. The SMILES string of the molecule is CC(=O)C(N=Nc1c(C)cc(Cc2cc(C)c(N=NC(C(C)=O)C(=O)Nc3ccc(S(=O)(=O)O)cc3)c(C)c2)cc1C)C(=O)Nc1ccc(S(=O)(=O)O)cc1. The van der Waals surface area contributed by atoms with Crippen molar-refractivity contribution >= 4 is 66.4 Å². The van der Waals surface area contributed by atoms with Crippen molar-refractivity contribution in [1.82, 2.24) is 0 Å². The second kappa shape index (κ2) is 17.1. The fourth-order valence-corrected chi connectivity index (χ4v) is 6.52. The number of Topliss-reactive ketones (excluding diaryl/α,β-unsaturated/α-hetero) is 2. The molecule has 0 aliphatic carbocycles. The number of carbonyl (C=O) groups excluding carboxylic acids is 4. The number of ketones is 2. The molecule has 2 unspecified atom stereocenters. The molecule has 0 saturated heterocycles. The van der Waals surface area contributed by atoms with Gasteiger partial charge >= 0.3 is 0 Å². The van der Waals surface area contributed by atoms with Crippen molar-refractivity contribution in [3.05, 3.63) is 106 Å². The molecule has 0 aliphatic rings. The van der Waals surface area contributed by atoms with Crippen LogP contribution in [0.5, 0.6) is 0 Å². The molecule has 0 aromatic heterocycles. The maximum absolute atomic E-state index is 12.9. The largest absolute Gasteiger partial charge is 0.324 e. The zero-order chi connectivity index (χ0) is 40.8. The Morgan fingerprint density at radius 2 is 0.855 bits per heavy atom. The zero-order valence-electron chi connectivity index (χ0n) is 30.6. The van der Waals surface area contributed by atoms with E-state index in [2.05, 4.69) is 31.1 Å². The first-order valence-corrected chi connectivity index (χ1v) is 19.3. The van der Waals surface area contributed by atoms with Crippen LogP contribution in [0.4, 0.5) is 22.7 Å². The first-order valence-electron chi connectivity index (χ1n) is 16.4. The van der Waals surface area contributed by atoms with Crippen LogP contribution in [0.25, 0.3) is 0 Å². The molecule has 0 aliphatic heterocycles. The third-order valence-electron chi connectivity index (χ3n) is 8.16. The van der Waals surface area contributed by atoms with Crippen LogP contribution < -0.4 is 10.6 Å². The van der Waals surface area contributed by atoms with E-state index in [-0.39, 0.29) is 21.2 Å². The Morgan fingerprint density at radius 3 is 1.11 bits per heavy atom. The van der Waals surface area contributed by atoms with Gasteiger partial charge in [-0.05, 0) is 130 Å². The minimum Gasteiger partial charge on any atom is -0.324 e. The van der Waals surface area contributed by atoms with Crippen molar-refractivity contribution in [2.24, 2.45) is 20.5 Å². The number of nitrogens with zero attached hydrogens (tertiary/aromatic N) is 4. The summed E-state index contributed by atoms with van der Waals surface area (Å²) in [6.07, 6.45) is 0.516. The van der Waals surface area contributed by atoms with Crippen molar-refractivity contribution in [3.8, 4) is 0 Å². The smallest absolute Gasteiger partial charge is 0.294 e. The van der Waals surface area contributed by atoms with Crippen molar-refractivity contribution in [2.45, 2.75) is 69.8 Å². The third-order valence-corrected chi connectivity index (χ3v) is 9.90. The molecule has 0 heterocycles. The summed E-state index contributed by atoms with van der Waals surface area (Å²) in [6.45, 7) is 9.67. The van der Waals surface area contributed by atoms with E-state index < -0.39 is 55.7 Å². The van der Waals surface area contributed by atoms with E-state index in [0.717, 1.165) is 57.6 Å². The molecule has 0 saturated carbocycles. The number of aryl methyl sites for hydroxylation is 4. The molecule has 0 radical (unpaired) electrons. The number of amides is 2. The highest BCUT2D eigenvalue weighted by atomic mass is 32.2. The lowest BCUT2D eigenvalue weighted by Crippen LogP contribution is -2.31. The molecule has 0 spiro atoms. The number of hydrogen-bond acceptors (Lipinski definition) is 12. The second-order valence-electron chi connectivity index (χ2n) is 12.8. The third kappa shape index (κ3) is 11.1. The molecule has 4 N–H and O–H groups in total. The molecule has 2 atom stereocenters. The van der Waals surface area contributed by atoms with Gasteiger partial charge in [-0.15, -0.1) is 0 Å². The molecule has 4 aromatic carbocycles. The summed E-state index contributed by atoms with van der Waals surface area (Å²) in [4.78, 5) is 49.7. The average molecular weight is 791 g/mol. The van der Waals surface area contributed by atoms with E-state index >= 15 is 0 Å². The number of carbonyl (C=O) groups is 4. The van der Waals surface area contributed by atoms with E-state index in [4.69, 9.17) is 9.11 Å². The summed E-state index contributed by atoms with van der Waals surface area (Å²) in [7, 11) is -8.83. The van der Waals surface area contributed by atoms with Crippen molar-refractivity contribution < 1.29 is 45.1 Å². The van der Waals surface area contributed by atoms with Gasteiger partial charge < -0.3 is 10.6 Å². The molecule has 288 valence electrons. The van der Waals surface area contributed by atoms with E-state index in [0.29, 0.717) is 17.8 Å². The zero-order valence-corrected chi connectivity index (χ0v) is 32.2. The molecule has 18 heteroatoms. The standard InChI is InChI=1S/C37H38N6O10S2/c1-20-15-26(16-21(2)32(20)40-42-34(24(5)44)36(46)38-28-7-11-30(12-8-28)54(48,49)50)19-27-17-22(3)33(23(4)18-27)41-43-35(25(6)45)37(47)39-29-9-13-31(14-10-29)55(51,52)53/h7-18,34-35H,19H2,1-6H3,(H,38,46)(H,39,47)(H,48,49,50)(H,51,52,53). The van der Waals surface area contributed by atoms with Crippen molar-refractivity contribution in [1.29, 1.82) is 0 Å². The number of hydrogen-bond donors (Lipinski definition) is 4.